The Bertz CT molecular complexity index is 739. The van der Waals surface area contributed by atoms with E-state index in [4.69, 9.17) is 15.0 Å². The molecular formula is C15H14N4O3. The van der Waals surface area contributed by atoms with E-state index in [-0.39, 0.29) is 5.91 Å². The lowest BCUT2D eigenvalue weighted by Crippen LogP contribution is -2.11. The molecule has 1 N–H and O–H groups in total. The minimum Gasteiger partial charge on any atom is -0.493 e. The van der Waals surface area contributed by atoms with Crippen LogP contribution in [0.1, 0.15) is 10.4 Å². The highest BCUT2D eigenvalue weighted by molar-refractivity contribution is 6.04. The first-order valence-electron chi connectivity index (χ1n) is 6.36. The lowest BCUT2D eigenvalue weighted by atomic mass is 10.2. The van der Waals surface area contributed by atoms with E-state index in [1.165, 1.54) is 20.3 Å². The van der Waals surface area contributed by atoms with Gasteiger partial charge in [-0.25, -0.2) is 0 Å². The number of amides is 1. The van der Waals surface area contributed by atoms with Gasteiger partial charge in [-0.1, -0.05) is 17.2 Å². The third-order valence-corrected chi connectivity index (χ3v) is 2.91. The molecule has 0 radical (unpaired) electrons. The van der Waals surface area contributed by atoms with Crippen LogP contribution in [-0.2, 0) is 0 Å². The van der Waals surface area contributed by atoms with Crippen LogP contribution in [0.2, 0.25) is 0 Å². The normalized spacial score (nSPS) is 9.55. The Hall–Kier alpha value is -3.18. The first-order valence-corrected chi connectivity index (χ1v) is 6.36. The summed E-state index contributed by atoms with van der Waals surface area (Å²) in [6, 6.07) is 11.5. The van der Waals surface area contributed by atoms with Crippen LogP contribution in [0, 0.1) is 0 Å². The molecule has 0 atom stereocenters. The van der Waals surface area contributed by atoms with Crippen molar-refractivity contribution < 1.29 is 14.3 Å². The highest BCUT2D eigenvalue weighted by Crippen LogP contribution is 2.30. The zero-order chi connectivity index (χ0) is 15.9. The number of carbonyl (C=O) groups is 1. The van der Waals surface area contributed by atoms with Crippen LogP contribution in [0.3, 0.4) is 0 Å². The summed E-state index contributed by atoms with van der Waals surface area (Å²) >= 11 is 0. The summed E-state index contributed by atoms with van der Waals surface area (Å²) < 4.78 is 10.3. The Labute approximate surface area is 127 Å². The average Bonchev–Trinajstić information content (AvgIpc) is 2.55. The maximum atomic E-state index is 12.2. The van der Waals surface area contributed by atoms with Crippen LogP contribution in [0.5, 0.6) is 11.5 Å². The Morgan fingerprint density at radius 2 is 1.91 bits per heavy atom. The van der Waals surface area contributed by atoms with Gasteiger partial charge in [-0.15, -0.1) is 0 Å². The third-order valence-electron chi connectivity index (χ3n) is 2.91. The molecule has 0 spiro atoms. The molecule has 0 aliphatic heterocycles. The van der Waals surface area contributed by atoms with Crippen molar-refractivity contribution in [2.75, 3.05) is 19.5 Å². The van der Waals surface area contributed by atoms with Crippen molar-refractivity contribution in [1.82, 2.24) is 0 Å². The van der Waals surface area contributed by atoms with Gasteiger partial charge in [-0.2, -0.15) is 0 Å². The van der Waals surface area contributed by atoms with Gasteiger partial charge in [-0.05, 0) is 29.8 Å². The molecule has 0 saturated heterocycles. The summed E-state index contributed by atoms with van der Waals surface area (Å²) in [6.45, 7) is 0. The molecule has 1 amide bonds. The van der Waals surface area contributed by atoms with Gasteiger partial charge in [0.1, 0.15) is 0 Å². The van der Waals surface area contributed by atoms with Crippen LogP contribution in [0.4, 0.5) is 11.4 Å². The number of nitrogens with zero attached hydrogens (tertiary/aromatic N) is 3. The minimum atomic E-state index is -0.317. The van der Waals surface area contributed by atoms with Gasteiger partial charge in [-0.3, -0.25) is 4.79 Å². The summed E-state index contributed by atoms with van der Waals surface area (Å²) in [7, 11) is 3.06. The molecule has 2 aromatic rings. The first kappa shape index (κ1) is 15.2. The molecule has 7 heteroatoms. The molecule has 22 heavy (non-hydrogen) atoms. The quantitative estimate of drug-likeness (QED) is 0.515. The topological polar surface area (TPSA) is 96.3 Å². The molecular weight excluding hydrogens is 284 g/mol. The van der Waals surface area contributed by atoms with Crippen molar-refractivity contribution in [2.45, 2.75) is 0 Å². The van der Waals surface area contributed by atoms with Gasteiger partial charge in [0.15, 0.2) is 11.5 Å². The zero-order valence-electron chi connectivity index (χ0n) is 12.1. The second kappa shape index (κ2) is 7.01. The number of rotatable bonds is 5. The molecule has 2 aromatic carbocycles. The van der Waals surface area contributed by atoms with Crippen LogP contribution in [-0.4, -0.2) is 20.1 Å². The number of carbonyl (C=O) groups excluding carboxylic acids is 1. The SMILES string of the molecule is COc1ccc(NC(=O)c2cccc(N=[N+]=[N-])c2)cc1OC. The fraction of sp³-hybridized carbons (Fsp3) is 0.133. The van der Waals surface area contributed by atoms with E-state index in [0.29, 0.717) is 28.4 Å². The van der Waals surface area contributed by atoms with Crippen LogP contribution >= 0.6 is 0 Å². The number of anilines is 1. The van der Waals surface area contributed by atoms with E-state index < -0.39 is 0 Å². The van der Waals surface area contributed by atoms with Gasteiger partial charge in [0, 0.05) is 27.9 Å². The Kier molecular flexibility index (Phi) is 4.85. The van der Waals surface area contributed by atoms with Gasteiger partial charge < -0.3 is 14.8 Å². The number of ether oxygens (including phenoxy) is 2. The van der Waals surface area contributed by atoms with Gasteiger partial charge in [0.2, 0.25) is 0 Å². The number of methoxy groups -OCH3 is 2. The number of nitrogens with one attached hydrogen (secondary N) is 1. The zero-order valence-corrected chi connectivity index (χ0v) is 12.1. The van der Waals surface area contributed by atoms with Crippen molar-refractivity contribution >= 4 is 17.3 Å². The molecule has 7 nitrogen and oxygen atoms in total. The highest BCUT2D eigenvalue weighted by atomic mass is 16.5. The van der Waals surface area contributed by atoms with Crippen molar-refractivity contribution in [3.63, 3.8) is 0 Å². The minimum absolute atomic E-state index is 0.317. The summed E-state index contributed by atoms with van der Waals surface area (Å²) in [5.74, 6) is 0.774. The Balaban J connectivity index is 2.21. The summed E-state index contributed by atoms with van der Waals surface area (Å²) in [5, 5.41) is 6.22. The predicted octanol–water partition coefficient (Wildman–Crippen LogP) is 3.90. The van der Waals surface area contributed by atoms with Crippen molar-refractivity contribution in [1.29, 1.82) is 0 Å². The molecule has 0 fully saturated rings. The van der Waals surface area contributed by atoms with E-state index in [2.05, 4.69) is 15.3 Å². The lowest BCUT2D eigenvalue weighted by Gasteiger charge is -2.10. The maximum absolute atomic E-state index is 12.2. The molecule has 0 saturated carbocycles. The summed E-state index contributed by atoms with van der Waals surface area (Å²) in [6.07, 6.45) is 0. The lowest BCUT2D eigenvalue weighted by molar-refractivity contribution is 0.102. The second-order valence-electron chi connectivity index (χ2n) is 4.26. The van der Waals surface area contributed by atoms with E-state index >= 15 is 0 Å². The van der Waals surface area contributed by atoms with Gasteiger partial charge in [0.25, 0.3) is 5.91 Å². The number of hydrogen-bond acceptors (Lipinski definition) is 4. The van der Waals surface area contributed by atoms with Crippen molar-refractivity contribution in [2.24, 2.45) is 5.11 Å². The Morgan fingerprint density at radius 1 is 1.14 bits per heavy atom. The molecule has 112 valence electrons. The fourth-order valence-electron chi connectivity index (χ4n) is 1.88. The van der Waals surface area contributed by atoms with Gasteiger partial charge in [0.05, 0.1) is 14.2 Å². The molecule has 0 aliphatic carbocycles. The largest absolute Gasteiger partial charge is 0.493 e. The van der Waals surface area contributed by atoms with E-state index in [9.17, 15) is 4.79 Å². The molecule has 0 bridgehead atoms. The van der Waals surface area contributed by atoms with Crippen LogP contribution in [0.15, 0.2) is 47.6 Å². The van der Waals surface area contributed by atoms with E-state index in [0.717, 1.165) is 0 Å². The van der Waals surface area contributed by atoms with Crippen LogP contribution in [0.25, 0.3) is 10.4 Å². The monoisotopic (exact) mass is 298 g/mol. The smallest absolute Gasteiger partial charge is 0.255 e. The molecule has 0 aromatic heterocycles. The maximum Gasteiger partial charge on any atom is 0.255 e. The van der Waals surface area contributed by atoms with Gasteiger partial charge >= 0.3 is 0 Å². The summed E-state index contributed by atoms with van der Waals surface area (Å²) in [4.78, 5) is 14.9. The van der Waals surface area contributed by atoms with Crippen molar-refractivity contribution in [3.05, 3.63) is 58.5 Å². The molecule has 0 unspecified atom stereocenters. The molecule has 0 heterocycles. The fourth-order valence-corrected chi connectivity index (χ4v) is 1.88. The predicted molar refractivity (Wildman–Crippen MR) is 82.7 cm³/mol. The number of azide groups is 1. The number of benzene rings is 2. The van der Waals surface area contributed by atoms with E-state index in [1.54, 1.807) is 36.4 Å². The molecule has 2 rings (SSSR count). The Morgan fingerprint density at radius 3 is 2.59 bits per heavy atom. The first-order chi connectivity index (χ1) is 10.7. The van der Waals surface area contributed by atoms with Crippen LogP contribution < -0.4 is 14.8 Å². The third kappa shape index (κ3) is 3.47. The number of hydrogen-bond donors (Lipinski definition) is 1. The van der Waals surface area contributed by atoms with E-state index in [1.807, 2.05) is 0 Å². The molecule has 0 aliphatic rings. The highest BCUT2D eigenvalue weighted by Gasteiger charge is 2.09. The van der Waals surface area contributed by atoms with Crippen molar-refractivity contribution in [3.8, 4) is 11.5 Å². The summed E-state index contributed by atoms with van der Waals surface area (Å²) in [5.41, 5.74) is 9.76. The second-order valence-corrected chi connectivity index (χ2v) is 4.26. The average molecular weight is 298 g/mol. The standard InChI is InChI=1S/C15H14N4O3/c1-21-13-7-6-11(9-14(13)22-2)17-15(20)10-4-3-5-12(8-10)18-19-16/h3-9H,1-2H3,(H,17,20).